The summed E-state index contributed by atoms with van der Waals surface area (Å²) >= 11 is 5.99. The number of primary amides is 1. The van der Waals surface area contributed by atoms with Gasteiger partial charge in [-0.1, -0.05) is 23.7 Å². The SMILES string of the molecule is C=CCc1ccc(OCCOc2ccc(Cl)cc2/C=N\NC(N)=O)c(OC)c1. The topological polar surface area (TPSA) is 95.2 Å². The highest BCUT2D eigenvalue weighted by Gasteiger charge is 2.07. The number of urea groups is 1. The second-order valence-electron chi connectivity index (χ2n) is 5.59. The molecule has 0 aliphatic rings. The van der Waals surface area contributed by atoms with Gasteiger partial charge >= 0.3 is 6.03 Å². The molecule has 3 N–H and O–H groups in total. The van der Waals surface area contributed by atoms with Gasteiger partial charge in [0.2, 0.25) is 0 Å². The average molecular weight is 404 g/mol. The number of nitrogens with zero attached hydrogens (tertiary/aromatic N) is 1. The van der Waals surface area contributed by atoms with E-state index in [4.69, 9.17) is 31.5 Å². The summed E-state index contributed by atoms with van der Waals surface area (Å²) in [5.41, 5.74) is 8.77. The summed E-state index contributed by atoms with van der Waals surface area (Å²) in [5, 5.41) is 4.23. The van der Waals surface area contributed by atoms with E-state index in [9.17, 15) is 4.79 Å². The Morgan fingerprint density at radius 2 is 1.89 bits per heavy atom. The fourth-order valence-corrected chi connectivity index (χ4v) is 2.53. The van der Waals surface area contributed by atoms with Crippen LogP contribution in [0.5, 0.6) is 17.2 Å². The number of allylic oxidation sites excluding steroid dienone is 1. The van der Waals surface area contributed by atoms with Gasteiger partial charge in [-0.2, -0.15) is 5.10 Å². The average Bonchev–Trinajstić information content (AvgIpc) is 2.67. The lowest BCUT2D eigenvalue weighted by Gasteiger charge is -2.13. The molecule has 2 aromatic rings. The van der Waals surface area contributed by atoms with Crippen LogP contribution in [0.3, 0.4) is 0 Å². The van der Waals surface area contributed by atoms with Crippen molar-refractivity contribution >= 4 is 23.8 Å². The Morgan fingerprint density at radius 1 is 1.18 bits per heavy atom. The number of rotatable bonds is 10. The number of nitrogens with two attached hydrogens (primary N) is 1. The highest BCUT2D eigenvalue weighted by molar-refractivity contribution is 6.30. The Bertz CT molecular complexity index is 855. The zero-order valence-corrected chi connectivity index (χ0v) is 16.2. The molecule has 0 aromatic heterocycles. The van der Waals surface area contributed by atoms with Crippen LogP contribution >= 0.6 is 11.6 Å². The van der Waals surface area contributed by atoms with Crippen LogP contribution in [0.15, 0.2) is 54.2 Å². The molecule has 0 bridgehead atoms. The van der Waals surface area contributed by atoms with Crippen molar-refractivity contribution in [3.05, 3.63) is 65.2 Å². The number of benzene rings is 2. The van der Waals surface area contributed by atoms with Gasteiger partial charge in [-0.05, 0) is 42.3 Å². The maximum Gasteiger partial charge on any atom is 0.332 e. The first-order valence-corrected chi connectivity index (χ1v) is 8.82. The van der Waals surface area contributed by atoms with Gasteiger partial charge in [-0.25, -0.2) is 10.2 Å². The van der Waals surface area contributed by atoms with E-state index in [1.165, 1.54) is 6.21 Å². The van der Waals surface area contributed by atoms with Crippen LogP contribution in [0.1, 0.15) is 11.1 Å². The van der Waals surface area contributed by atoms with E-state index in [1.807, 2.05) is 24.3 Å². The van der Waals surface area contributed by atoms with Gasteiger partial charge in [0.05, 0.1) is 13.3 Å². The molecular weight excluding hydrogens is 382 g/mol. The molecule has 0 saturated carbocycles. The number of hydrogen-bond acceptors (Lipinski definition) is 5. The highest BCUT2D eigenvalue weighted by atomic mass is 35.5. The number of hydrogen-bond donors (Lipinski definition) is 2. The maximum atomic E-state index is 10.7. The predicted octanol–water partition coefficient (Wildman–Crippen LogP) is 3.54. The zero-order valence-electron chi connectivity index (χ0n) is 15.5. The maximum absolute atomic E-state index is 10.7. The smallest absolute Gasteiger partial charge is 0.332 e. The Kier molecular flexibility index (Phi) is 8.17. The van der Waals surface area contributed by atoms with Crippen LogP contribution in [-0.4, -0.2) is 32.6 Å². The highest BCUT2D eigenvalue weighted by Crippen LogP contribution is 2.28. The lowest BCUT2D eigenvalue weighted by atomic mass is 10.1. The van der Waals surface area contributed by atoms with Gasteiger partial charge in [0.1, 0.15) is 19.0 Å². The number of ether oxygens (including phenoxy) is 3. The molecule has 0 radical (unpaired) electrons. The van der Waals surface area contributed by atoms with Crippen molar-refractivity contribution < 1.29 is 19.0 Å². The molecule has 2 amide bonds. The molecule has 0 spiro atoms. The molecule has 0 heterocycles. The van der Waals surface area contributed by atoms with Crippen LogP contribution in [0.4, 0.5) is 4.79 Å². The molecule has 0 atom stereocenters. The van der Waals surface area contributed by atoms with Gasteiger partial charge in [0, 0.05) is 10.6 Å². The molecule has 0 aliphatic heterocycles. The predicted molar refractivity (Wildman–Crippen MR) is 110 cm³/mol. The number of hydrazone groups is 1. The Balaban J connectivity index is 1.95. The molecule has 0 aliphatic carbocycles. The molecule has 0 saturated heterocycles. The molecule has 8 heteroatoms. The van der Waals surface area contributed by atoms with Crippen molar-refractivity contribution in [2.45, 2.75) is 6.42 Å². The standard InChI is InChI=1S/C20H22ClN3O4/c1-3-4-14-5-7-18(19(11-14)26-2)28-10-9-27-17-8-6-16(21)12-15(17)13-23-24-20(22)25/h3,5-8,11-13H,1,4,9-10H2,2H3,(H3,22,24,25)/b23-13-. The van der Waals surface area contributed by atoms with Crippen LogP contribution in [-0.2, 0) is 6.42 Å². The number of halogens is 1. The number of nitrogens with one attached hydrogen (secondary N) is 1. The first-order valence-electron chi connectivity index (χ1n) is 8.45. The molecular formula is C20H22ClN3O4. The fraction of sp³-hybridized carbons (Fsp3) is 0.200. The van der Waals surface area contributed by atoms with Gasteiger partial charge in [0.25, 0.3) is 0 Å². The summed E-state index contributed by atoms with van der Waals surface area (Å²) in [4.78, 5) is 10.7. The van der Waals surface area contributed by atoms with Crippen molar-refractivity contribution in [1.29, 1.82) is 0 Å². The van der Waals surface area contributed by atoms with E-state index in [0.717, 1.165) is 12.0 Å². The van der Waals surface area contributed by atoms with Crippen molar-refractivity contribution in [1.82, 2.24) is 5.43 Å². The summed E-state index contributed by atoms with van der Waals surface area (Å²) in [6.45, 7) is 4.31. The minimum Gasteiger partial charge on any atom is -0.493 e. The fourth-order valence-electron chi connectivity index (χ4n) is 2.35. The monoisotopic (exact) mass is 403 g/mol. The van der Waals surface area contributed by atoms with Gasteiger partial charge in [0.15, 0.2) is 11.5 Å². The van der Waals surface area contributed by atoms with E-state index >= 15 is 0 Å². The number of amides is 2. The van der Waals surface area contributed by atoms with Crippen LogP contribution in [0.2, 0.25) is 5.02 Å². The van der Waals surface area contributed by atoms with E-state index in [2.05, 4.69) is 17.1 Å². The lowest BCUT2D eigenvalue weighted by Crippen LogP contribution is -2.24. The normalized spacial score (nSPS) is 10.5. The van der Waals surface area contributed by atoms with Crippen molar-refractivity contribution in [3.63, 3.8) is 0 Å². The molecule has 0 fully saturated rings. The summed E-state index contributed by atoms with van der Waals surface area (Å²) < 4.78 is 16.9. The molecule has 28 heavy (non-hydrogen) atoms. The molecule has 2 rings (SSSR count). The van der Waals surface area contributed by atoms with Gasteiger partial charge in [-0.15, -0.1) is 6.58 Å². The second kappa shape index (κ2) is 10.8. The van der Waals surface area contributed by atoms with Crippen molar-refractivity contribution in [2.75, 3.05) is 20.3 Å². The third-order valence-electron chi connectivity index (χ3n) is 3.56. The Labute approximate surface area is 168 Å². The Morgan fingerprint density at radius 3 is 2.57 bits per heavy atom. The summed E-state index contributed by atoms with van der Waals surface area (Å²) in [7, 11) is 1.59. The van der Waals surface area contributed by atoms with E-state index in [0.29, 0.717) is 34.4 Å². The Hall–Kier alpha value is -3.19. The van der Waals surface area contributed by atoms with Crippen molar-refractivity contribution in [3.8, 4) is 17.2 Å². The van der Waals surface area contributed by atoms with E-state index in [1.54, 1.807) is 25.3 Å². The third-order valence-corrected chi connectivity index (χ3v) is 3.79. The first kappa shape index (κ1) is 21.1. The number of methoxy groups -OCH3 is 1. The zero-order chi connectivity index (χ0) is 20.4. The number of carbonyl (C=O) groups excluding carboxylic acids is 1. The van der Waals surface area contributed by atoms with E-state index in [-0.39, 0.29) is 6.61 Å². The third kappa shape index (κ3) is 6.51. The molecule has 7 nitrogen and oxygen atoms in total. The minimum absolute atomic E-state index is 0.281. The van der Waals surface area contributed by atoms with Crippen molar-refractivity contribution in [2.24, 2.45) is 10.8 Å². The number of carbonyl (C=O) groups is 1. The molecule has 2 aromatic carbocycles. The summed E-state index contributed by atoms with van der Waals surface area (Å²) in [5.74, 6) is 1.81. The molecule has 148 valence electrons. The second-order valence-corrected chi connectivity index (χ2v) is 6.03. The lowest BCUT2D eigenvalue weighted by molar-refractivity contribution is 0.211. The first-order chi connectivity index (χ1) is 13.5. The van der Waals surface area contributed by atoms with Crippen LogP contribution < -0.4 is 25.4 Å². The summed E-state index contributed by atoms with van der Waals surface area (Å²) in [6.07, 6.45) is 3.98. The van der Waals surface area contributed by atoms with Crippen LogP contribution in [0, 0.1) is 0 Å². The minimum atomic E-state index is -0.762. The van der Waals surface area contributed by atoms with Crippen LogP contribution in [0.25, 0.3) is 0 Å². The van der Waals surface area contributed by atoms with Gasteiger partial charge in [-0.3, -0.25) is 0 Å². The molecule has 0 unspecified atom stereocenters. The van der Waals surface area contributed by atoms with E-state index < -0.39 is 6.03 Å². The largest absolute Gasteiger partial charge is 0.493 e. The quantitative estimate of drug-likeness (QED) is 0.274. The van der Waals surface area contributed by atoms with Gasteiger partial charge < -0.3 is 19.9 Å². The summed E-state index contributed by atoms with van der Waals surface area (Å²) in [6, 6.07) is 10.0.